The number of ether oxygens (including phenoxy) is 3. The van der Waals surface area contributed by atoms with Crippen molar-refractivity contribution >= 4 is 11.8 Å². The summed E-state index contributed by atoms with van der Waals surface area (Å²) in [5, 5.41) is 3.34. The number of hydrogen-bond donors (Lipinski definition) is 1. The summed E-state index contributed by atoms with van der Waals surface area (Å²) in [7, 11) is 3.16. The van der Waals surface area contributed by atoms with Gasteiger partial charge in [-0.15, -0.1) is 0 Å². The topological polar surface area (TPSA) is 73.9 Å². The van der Waals surface area contributed by atoms with Crippen molar-refractivity contribution in [1.29, 1.82) is 0 Å². The number of hydrogen-bond acceptors (Lipinski definition) is 6. The van der Waals surface area contributed by atoms with Crippen LogP contribution in [-0.4, -0.2) is 32.6 Å². The van der Waals surface area contributed by atoms with Crippen molar-refractivity contribution in [2.45, 2.75) is 38.0 Å². The van der Waals surface area contributed by atoms with E-state index in [1.54, 1.807) is 33.3 Å². The van der Waals surface area contributed by atoms with Crippen LogP contribution in [0.3, 0.4) is 0 Å². The number of carbonyl (C=O) groups is 2. The first-order valence-corrected chi connectivity index (χ1v) is 13.3. The number of halogens is 1. The Balaban J connectivity index is 1.46. The van der Waals surface area contributed by atoms with Crippen LogP contribution in [0.25, 0.3) is 0 Å². The Morgan fingerprint density at radius 1 is 0.925 bits per heavy atom. The number of ketones is 1. The van der Waals surface area contributed by atoms with Gasteiger partial charge in [0.15, 0.2) is 17.3 Å². The first kappa shape index (κ1) is 27.2. The number of methoxy groups -OCH3 is 2. The third-order valence-corrected chi connectivity index (χ3v) is 7.58. The standard InChI is InChI=1S/C33H32FNO5/c1-20-30(33(37)40-15-14-21-8-5-4-6-9-21)31(23-10-7-11-25(34)16-23)32-26(35-20)17-24(18-27(32)36)22-12-13-28(38-2)29(19-22)39-3/h4-13,16,19,24,31,35H,14-15,17-18H2,1-3H3/t24-,31-/m1/s1. The molecule has 1 heterocycles. The summed E-state index contributed by atoms with van der Waals surface area (Å²) in [6, 6.07) is 21.5. The van der Waals surface area contributed by atoms with Crippen molar-refractivity contribution in [2.75, 3.05) is 20.8 Å². The summed E-state index contributed by atoms with van der Waals surface area (Å²) in [5.74, 6) is -0.656. The number of dihydropyridines is 1. The van der Waals surface area contributed by atoms with Crippen LogP contribution in [0.1, 0.15) is 48.3 Å². The first-order chi connectivity index (χ1) is 19.4. The second-order valence-electron chi connectivity index (χ2n) is 10.1. The number of esters is 1. The molecule has 0 spiro atoms. The molecule has 206 valence electrons. The lowest BCUT2D eigenvalue weighted by Crippen LogP contribution is -2.36. The second kappa shape index (κ2) is 11.8. The third kappa shape index (κ3) is 5.50. The van der Waals surface area contributed by atoms with Gasteiger partial charge >= 0.3 is 5.97 Å². The van der Waals surface area contributed by atoms with Crippen LogP contribution in [0.2, 0.25) is 0 Å². The summed E-state index contributed by atoms with van der Waals surface area (Å²) in [5.41, 5.74) is 4.70. The fraction of sp³-hybridized carbons (Fsp3) is 0.273. The molecule has 1 aliphatic carbocycles. The Kier molecular flexibility index (Phi) is 8.01. The van der Waals surface area contributed by atoms with Gasteiger partial charge in [-0.3, -0.25) is 4.79 Å². The Bertz CT molecular complexity index is 1490. The van der Waals surface area contributed by atoms with Gasteiger partial charge in [0.1, 0.15) is 5.82 Å². The predicted octanol–water partition coefficient (Wildman–Crippen LogP) is 5.99. The van der Waals surface area contributed by atoms with Gasteiger partial charge in [0.05, 0.1) is 26.4 Å². The first-order valence-electron chi connectivity index (χ1n) is 13.3. The van der Waals surface area contributed by atoms with Crippen LogP contribution in [0, 0.1) is 5.82 Å². The highest BCUT2D eigenvalue weighted by molar-refractivity contribution is 6.04. The molecular weight excluding hydrogens is 509 g/mol. The lowest BCUT2D eigenvalue weighted by atomic mass is 9.71. The number of carbonyl (C=O) groups excluding carboxylic acids is 2. The summed E-state index contributed by atoms with van der Waals surface area (Å²) in [4.78, 5) is 27.3. The van der Waals surface area contributed by atoms with E-state index in [1.165, 1.54) is 12.1 Å². The van der Waals surface area contributed by atoms with E-state index in [1.807, 2.05) is 48.5 Å². The van der Waals surface area contributed by atoms with Crippen molar-refractivity contribution in [2.24, 2.45) is 0 Å². The minimum atomic E-state index is -0.727. The van der Waals surface area contributed by atoms with Crippen LogP contribution in [0.5, 0.6) is 11.5 Å². The van der Waals surface area contributed by atoms with Crippen LogP contribution in [0.15, 0.2) is 95.3 Å². The highest BCUT2D eigenvalue weighted by Gasteiger charge is 2.41. The molecule has 2 atom stereocenters. The molecule has 5 rings (SSSR count). The summed E-state index contributed by atoms with van der Waals surface area (Å²) in [6.45, 7) is 1.99. The number of nitrogens with one attached hydrogen (secondary N) is 1. The van der Waals surface area contributed by atoms with Gasteiger partial charge in [0.25, 0.3) is 0 Å². The zero-order valence-electron chi connectivity index (χ0n) is 22.8. The van der Waals surface area contributed by atoms with E-state index in [2.05, 4.69) is 5.32 Å². The minimum absolute atomic E-state index is 0.0927. The normalized spacial score (nSPS) is 18.6. The van der Waals surface area contributed by atoms with Crippen molar-refractivity contribution < 1.29 is 28.2 Å². The number of rotatable bonds is 8. The molecule has 40 heavy (non-hydrogen) atoms. The highest BCUT2D eigenvalue weighted by Crippen LogP contribution is 2.46. The molecule has 0 bridgehead atoms. The third-order valence-electron chi connectivity index (χ3n) is 7.58. The van der Waals surface area contributed by atoms with Crippen molar-refractivity contribution in [1.82, 2.24) is 5.32 Å². The molecule has 2 aliphatic rings. The molecule has 0 radical (unpaired) electrons. The number of benzene rings is 3. The molecule has 3 aromatic rings. The summed E-state index contributed by atoms with van der Waals surface area (Å²) < 4.78 is 30.9. The van der Waals surface area contributed by atoms with E-state index in [4.69, 9.17) is 14.2 Å². The quantitative estimate of drug-likeness (QED) is 0.353. The minimum Gasteiger partial charge on any atom is -0.493 e. The van der Waals surface area contributed by atoms with E-state index in [9.17, 15) is 14.0 Å². The molecule has 0 fully saturated rings. The van der Waals surface area contributed by atoms with E-state index >= 15 is 0 Å². The molecular formula is C33H32FNO5. The smallest absolute Gasteiger partial charge is 0.336 e. The fourth-order valence-corrected chi connectivity index (χ4v) is 5.66. The van der Waals surface area contributed by atoms with Crippen molar-refractivity contribution in [3.8, 4) is 11.5 Å². The maximum Gasteiger partial charge on any atom is 0.336 e. The molecule has 0 saturated carbocycles. The Labute approximate surface area is 233 Å². The molecule has 1 aliphatic heterocycles. The molecule has 7 heteroatoms. The lowest BCUT2D eigenvalue weighted by molar-refractivity contribution is -0.139. The molecule has 0 aromatic heterocycles. The van der Waals surface area contributed by atoms with Gasteiger partial charge in [-0.1, -0.05) is 48.5 Å². The maximum absolute atomic E-state index is 14.4. The van der Waals surface area contributed by atoms with Gasteiger partial charge in [-0.25, -0.2) is 9.18 Å². The predicted molar refractivity (Wildman–Crippen MR) is 150 cm³/mol. The van der Waals surface area contributed by atoms with E-state index in [0.717, 1.165) is 16.8 Å². The monoisotopic (exact) mass is 541 g/mol. The Morgan fingerprint density at radius 2 is 1.70 bits per heavy atom. The Morgan fingerprint density at radius 3 is 2.42 bits per heavy atom. The van der Waals surface area contributed by atoms with Gasteiger partial charge in [-0.2, -0.15) is 0 Å². The fourth-order valence-electron chi connectivity index (χ4n) is 5.66. The van der Waals surface area contributed by atoms with Gasteiger partial charge in [-0.05, 0) is 60.2 Å². The molecule has 6 nitrogen and oxygen atoms in total. The van der Waals surface area contributed by atoms with E-state index in [0.29, 0.717) is 46.7 Å². The average Bonchev–Trinajstić information content (AvgIpc) is 2.96. The average molecular weight is 542 g/mol. The molecule has 3 aromatic carbocycles. The van der Waals surface area contributed by atoms with Gasteiger partial charge in [0.2, 0.25) is 0 Å². The Hall–Kier alpha value is -4.39. The van der Waals surface area contributed by atoms with Crippen LogP contribution < -0.4 is 14.8 Å². The van der Waals surface area contributed by atoms with Crippen LogP contribution >= 0.6 is 0 Å². The van der Waals surface area contributed by atoms with Gasteiger partial charge < -0.3 is 19.5 Å². The molecule has 0 unspecified atom stereocenters. The molecule has 0 amide bonds. The van der Waals surface area contributed by atoms with E-state index < -0.39 is 17.7 Å². The SMILES string of the molecule is COc1ccc([C@H]2CC(=O)C3=C(C2)NC(C)=C(C(=O)OCCc2ccccc2)[C@H]3c2cccc(F)c2)cc1OC. The highest BCUT2D eigenvalue weighted by atomic mass is 19.1. The second-order valence-corrected chi connectivity index (χ2v) is 10.1. The van der Waals surface area contributed by atoms with E-state index in [-0.39, 0.29) is 24.7 Å². The largest absolute Gasteiger partial charge is 0.493 e. The summed E-state index contributed by atoms with van der Waals surface area (Å²) in [6.07, 6.45) is 1.37. The van der Waals surface area contributed by atoms with Crippen LogP contribution in [0.4, 0.5) is 4.39 Å². The zero-order chi connectivity index (χ0) is 28.2. The number of Topliss-reactive ketones (excluding diaryl/α,β-unsaturated/α-hetero) is 1. The lowest BCUT2D eigenvalue weighted by Gasteiger charge is -2.36. The van der Waals surface area contributed by atoms with Crippen LogP contribution in [-0.2, 0) is 20.7 Å². The number of allylic oxidation sites excluding steroid dienone is 3. The van der Waals surface area contributed by atoms with Gasteiger partial charge in [0, 0.05) is 35.7 Å². The van der Waals surface area contributed by atoms with Crippen molar-refractivity contribution in [3.05, 3.63) is 118 Å². The zero-order valence-corrected chi connectivity index (χ0v) is 22.8. The maximum atomic E-state index is 14.4. The summed E-state index contributed by atoms with van der Waals surface area (Å²) >= 11 is 0. The molecule has 0 saturated heterocycles. The van der Waals surface area contributed by atoms with Crippen molar-refractivity contribution in [3.63, 3.8) is 0 Å². The molecule has 1 N–H and O–H groups in total.